The number of fused-ring (bicyclic) bond motifs is 1. The molecular weight excluding hydrogens is 360 g/mol. The molecule has 1 aromatic carbocycles. The first-order chi connectivity index (χ1) is 13.1. The third kappa shape index (κ3) is 3.86. The van der Waals surface area contributed by atoms with Crippen LogP contribution in [0.25, 0.3) is 0 Å². The highest BCUT2D eigenvalue weighted by Gasteiger charge is 2.20. The van der Waals surface area contributed by atoms with E-state index in [9.17, 15) is 4.79 Å². The Balaban J connectivity index is 1.44. The summed E-state index contributed by atoms with van der Waals surface area (Å²) in [6, 6.07) is 9.59. The molecule has 4 rings (SSSR count). The summed E-state index contributed by atoms with van der Waals surface area (Å²) in [7, 11) is 0. The number of nitrogens with zero attached hydrogens (tertiary/aromatic N) is 4. The first kappa shape index (κ1) is 17.7. The van der Waals surface area contributed by atoms with Crippen LogP contribution in [-0.4, -0.2) is 32.1 Å². The number of carbonyl (C=O) groups is 1. The van der Waals surface area contributed by atoms with Crippen LogP contribution < -0.4 is 11.1 Å². The maximum atomic E-state index is 12.6. The van der Waals surface area contributed by atoms with Gasteiger partial charge >= 0.3 is 0 Å². The van der Waals surface area contributed by atoms with Crippen LogP contribution in [0.2, 0.25) is 0 Å². The Morgan fingerprint density at radius 1 is 1.37 bits per heavy atom. The SMILES string of the molecule is CCn1nccc1NC(=O)c1cccc(CN2CCc3nc(N)sc3C2)c1. The van der Waals surface area contributed by atoms with Crippen LogP contribution in [0.5, 0.6) is 0 Å². The van der Waals surface area contributed by atoms with Crippen LogP contribution in [0.1, 0.15) is 33.4 Å². The molecule has 8 heteroatoms. The molecule has 1 aliphatic rings. The van der Waals surface area contributed by atoms with Crippen molar-refractivity contribution < 1.29 is 4.79 Å². The van der Waals surface area contributed by atoms with Gasteiger partial charge in [-0.2, -0.15) is 5.10 Å². The second-order valence-electron chi connectivity index (χ2n) is 6.57. The van der Waals surface area contributed by atoms with Crippen molar-refractivity contribution in [2.24, 2.45) is 0 Å². The number of nitrogen functional groups attached to an aromatic ring is 1. The van der Waals surface area contributed by atoms with E-state index in [-0.39, 0.29) is 5.91 Å². The third-order valence-corrected chi connectivity index (χ3v) is 5.59. The summed E-state index contributed by atoms with van der Waals surface area (Å²) in [4.78, 5) is 20.6. The van der Waals surface area contributed by atoms with Gasteiger partial charge in [0.15, 0.2) is 5.13 Å². The van der Waals surface area contributed by atoms with Crippen molar-refractivity contribution in [2.75, 3.05) is 17.6 Å². The van der Waals surface area contributed by atoms with Gasteiger partial charge in [-0.25, -0.2) is 9.67 Å². The van der Waals surface area contributed by atoms with Crippen LogP contribution in [0, 0.1) is 0 Å². The lowest BCUT2D eigenvalue weighted by Crippen LogP contribution is -2.29. The minimum absolute atomic E-state index is 0.122. The molecule has 0 unspecified atom stereocenters. The molecule has 1 aliphatic heterocycles. The average molecular weight is 382 g/mol. The van der Waals surface area contributed by atoms with Crippen molar-refractivity contribution >= 4 is 28.2 Å². The largest absolute Gasteiger partial charge is 0.375 e. The predicted octanol–water partition coefficient (Wildman–Crippen LogP) is 2.75. The number of anilines is 2. The molecule has 0 saturated heterocycles. The Bertz CT molecular complexity index is 963. The number of aromatic nitrogens is 3. The summed E-state index contributed by atoms with van der Waals surface area (Å²) in [6.45, 7) is 5.30. The number of nitrogens with one attached hydrogen (secondary N) is 1. The molecule has 1 amide bonds. The lowest BCUT2D eigenvalue weighted by atomic mass is 10.1. The molecule has 3 aromatic rings. The molecule has 0 spiro atoms. The lowest BCUT2D eigenvalue weighted by Gasteiger charge is -2.26. The minimum Gasteiger partial charge on any atom is -0.375 e. The predicted molar refractivity (Wildman–Crippen MR) is 107 cm³/mol. The summed E-state index contributed by atoms with van der Waals surface area (Å²) < 4.78 is 1.76. The van der Waals surface area contributed by atoms with Crippen molar-refractivity contribution in [3.05, 3.63) is 58.2 Å². The van der Waals surface area contributed by atoms with E-state index in [2.05, 4.69) is 26.4 Å². The maximum absolute atomic E-state index is 12.6. The van der Waals surface area contributed by atoms with E-state index in [1.165, 1.54) is 4.88 Å². The van der Waals surface area contributed by atoms with E-state index >= 15 is 0 Å². The average Bonchev–Trinajstić information content (AvgIpc) is 3.26. The van der Waals surface area contributed by atoms with Gasteiger partial charge in [0, 0.05) is 49.1 Å². The molecule has 0 fully saturated rings. The molecule has 0 saturated carbocycles. The number of hydrogen-bond donors (Lipinski definition) is 2. The molecule has 27 heavy (non-hydrogen) atoms. The Labute approximate surface area is 161 Å². The Kier molecular flexibility index (Phi) is 4.91. The van der Waals surface area contributed by atoms with E-state index in [0.29, 0.717) is 23.1 Å². The number of nitrogens with two attached hydrogens (primary N) is 1. The van der Waals surface area contributed by atoms with E-state index in [0.717, 1.165) is 37.3 Å². The highest BCUT2D eigenvalue weighted by Crippen LogP contribution is 2.27. The lowest BCUT2D eigenvalue weighted by molar-refractivity contribution is 0.102. The number of carbonyl (C=O) groups excluding carboxylic acids is 1. The summed E-state index contributed by atoms with van der Waals surface area (Å²) in [5.41, 5.74) is 8.72. The van der Waals surface area contributed by atoms with Gasteiger partial charge in [-0.05, 0) is 24.6 Å². The molecule has 2 aromatic heterocycles. The molecule has 0 atom stereocenters. The van der Waals surface area contributed by atoms with Crippen LogP contribution >= 0.6 is 11.3 Å². The molecule has 0 aliphatic carbocycles. The second kappa shape index (κ2) is 7.50. The zero-order valence-corrected chi connectivity index (χ0v) is 16.0. The Morgan fingerprint density at radius 3 is 3.11 bits per heavy atom. The third-order valence-electron chi connectivity index (χ3n) is 4.68. The van der Waals surface area contributed by atoms with E-state index in [1.54, 1.807) is 28.3 Å². The molecule has 140 valence electrons. The smallest absolute Gasteiger partial charge is 0.256 e. The topological polar surface area (TPSA) is 89.1 Å². The summed E-state index contributed by atoms with van der Waals surface area (Å²) >= 11 is 1.57. The minimum atomic E-state index is -0.122. The van der Waals surface area contributed by atoms with Gasteiger partial charge in [0.1, 0.15) is 5.82 Å². The van der Waals surface area contributed by atoms with Crippen molar-refractivity contribution in [3.8, 4) is 0 Å². The Morgan fingerprint density at radius 2 is 2.26 bits per heavy atom. The van der Waals surface area contributed by atoms with Crippen molar-refractivity contribution in [1.82, 2.24) is 19.7 Å². The standard InChI is InChI=1S/C19H22N6OS/c1-2-25-17(6-8-21-25)23-18(26)14-5-3-4-13(10-14)11-24-9-7-15-16(12-24)27-19(20)22-15/h3-6,8,10H,2,7,9,11-12H2,1H3,(H2,20,22)(H,23,26). The zero-order chi connectivity index (χ0) is 18.8. The fourth-order valence-corrected chi connectivity index (χ4v) is 4.27. The van der Waals surface area contributed by atoms with Crippen LogP contribution in [0.3, 0.4) is 0 Å². The monoisotopic (exact) mass is 382 g/mol. The van der Waals surface area contributed by atoms with Gasteiger partial charge in [-0.15, -0.1) is 11.3 Å². The zero-order valence-electron chi connectivity index (χ0n) is 15.2. The van der Waals surface area contributed by atoms with E-state index in [1.807, 2.05) is 25.1 Å². The Hall–Kier alpha value is -2.71. The first-order valence-electron chi connectivity index (χ1n) is 9.01. The van der Waals surface area contributed by atoms with Gasteiger partial charge < -0.3 is 11.1 Å². The molecule has 0 bridgehead atoms. The first-order valence-corrected chi connectivity index (χ1v) is 9.82. The number of hydrogen-bond acceptors (Lipinski definition) is 6. The summed E-state index contributed by atoms with van der Waals surface area (Å²) in [5, 5.41) is 7.76. The van der Waals surface area contributed by atoms with Crippen molar-refractivity contribution in [1.29, 1.82) is 0 Å². The number of amides is 1. The van der Waals surface area contributed by atoms with Gasteiger partial charge in [-0.3, -0.25) is 9.69 Å². The van der Waals surface area contributed by atoms with Gasteiger partial charge in [0.05, 0.1) is 11.9 Å². The molecular formula is C19H22N6OS. The normalized spacial score (nSPS) is 14.1. The maximum Gasteiger partial charge on any atom is 0.256 e. The fourth-order valence-electron chi connectivity index (χ4n) is 3.35. The van der Waals surface area contributed by atoms with Gasteiger partial charge in [-0.1, -0.05) is 12.1 Å². The van der Waals surface area contributed by atoms with Gasteiger partial charge in [0.2, 0.25) is 0 Å². The van der Waals surface area contributed by atoms with Crippen LogP contribution in [0.15, 0.2) is 36.5 Å². The summed E-state index contributed by atoms with van der Waals surface area (Å²) in [5.74, 6) is 0.586. The van der Waals surface area contributed by atoms with E-state index < -0.39 is 0 Å². The number of rotatable bonds is 5. The van der Waals surface area contributed by atoms with Crippen molar-refractivity contribution in [2.45, 2.75) is 33.0 Å². The van der Waals surface area contributed by atoms with E-state index in [4.69, 9.17) is 5.73 Å². The molecule has 0 radical (unpaired) electrons. The number of benzene rings is 1. The second-order valence-corrected chi connectivity index (χ2v) is 7.68. The number of thiazole rings is 1. The van der Waals surface area contributed by atoms with Crippen LogP contribution in [0.4, 0.5) is 10.9 Å². The van der Waals surface area contributed by atoms with Crippen LogP contribution in [-0.2, 0) is 26.1 Å². The quantitative estimate of drug-likeness (QED) is 0.708. The van der Waals surface area contributed by atoms with Crippen molar-refractivity contribution in [3.63, 3.8) is 0 Å². The fraction of sp³-hybridized carbons (Fsp3) is 0.316. The highest BCUT2D eigenvalue weighted by atomic mass is 32.1. The van der Waals surface area contributed by atoms with Gasteiger partial charge in [0.25, 0.3) is 5.91 Å². The molecule has 7 nitrogen and oxygen atoms in total. The molecule has 3 N–H and O–H groups in total. The number of aryl methyl sites for hydroxylation is 1. The molecule has 3 heterocycles. The highest BCUT2D eigenvalue weighted by molar-refractivity contribution is 7.15. The summed E-state index contributed by atoms with van der Waals surface area (Å²) in [6.07, 6.45) is 2.61.